The Kier molecular flexibility index (Phi) is 8.49. The number of hydrogen-bond acceptors (Lipinski definition) is 12. The third-order valence-electron chi connectivity index (χ3n) is 10.0. The van der Waals surface area contributed by atoms with Crippen molar-refractivity contribution >= 4 is 35.0 Å². The van der Waals surface area contributed by atoms with Crippen molar-refractivity contribution in [2.45, 2.75) is 56.9 Å². The predicted molar refractivity (Wildman–Crippen MR) is 167 cm³/mol. The van der Waals surface area contributed by atoms with Crippen LogP contribution in [0.25, 0.3) is 0 Å². The fourth-order valence-electron chi connectivity index (χ4n) is 7.84. The summed E-state index contributed by atoms with van der Waals surface area (Å²) in [5.74, 6) is -3.28. The van der Waals surface area contributed by atoms with Crippen LogP contribution in [0.4, 0.5) is 0 Å². The van der Waals surface area contributed by atoms with Gasteiger partial charge in [0, 0.05) is 51.1 Å². The lowest BCUT2D eigenvalue weighted by molar-refractivity contribution is -0.147. The summed E-state index contributed by atoms with van der Waals surface area (Å²) >= 11 is 0. The number of ketones is 4. The number of piperazine rings is 1. The summed E-state index contributed by atoms with van der Waals surface area (Å²) in [6.45, 7) is 2.11. The molecule has 3 heterocycles. The second-order valence-electron chi connectivity index (χ2n) is 12.3. The van der Waals surface area contributed by atoms with Crippen molar-refractivity contribution in [2.75, 3.05) is 34.4 Å². The summed E-state index contributed by atoms with van der Waals surface area (Å²) in [7, 11) is 4.38. The molecule has 1 saturated heterocycles. The normalized spacial score (nSPS) is 27.3. The molecule has 1 aromatic rings. The lowest BCUT2D eigenvalue weighted by Crippen LogP contribution is -2.74. The summed E-state index contributed by atoms with van der Waals surface area (Å²) in [5, 5.41) is 13.1. The van der Waals surface area contributed by atoms with E-state index in [0.717, 1.165) is 0 Å². The number of amides is 1. The Balaban J connectivity index is 1.40. The highest BCUT2D eigenvalue weighted by Gasteiger charge is 2.60. The molecule has 0 saturated carbocycles. The van der Waals surface area contributed by atoms with Gasteiger partial charge in [-0.2, -0.15) is 5.26 Å². The van der Waals surface area contributed by atoms with Crippen LogP contribution in [0.15, 0.2) is 75.3 Å². The Hall–Kier alpha value is -5.19. The summed E-state index contributed by atoms with van der Waals surface area (Å²) in [6, 6.07) is 6.55. The van der Waals surface area contributed by atoms with E-state index in [9.17, 15) is 34.0 Å². The minimum Gasteiger partial charge on any atom is -0.492 e. The molecule has 0 radical (unpaired) electrons. The molecular formula is C35H34N4O9. The van der Waals surface area contributed by atoms with Crippen molar-refractivity contribution < 1.29 is 43.0 Å². The number of nitrogens with one attached hydrogen (secondary N) is 1. The summed E-state index contributed by atoms with van der Waals surface area (Å²) in [6.07, 6.45) is 0.0663. The van der Waals surface area contributed by atoms with Gasteiger partial charge in [0.25, 0.3) is 5.91 Å². The number of hydrogen-bond donors (Lipinski definition) is 1. The molecule has 3 aliphatic heterocycles. The van der Waals surface area contributed by atoms with Crippen LogP contribution in [0.3, 0.4) is 0 Å². The maximum Gasteiger partial charge on any atom is 0.325 e. The average molecular weight is 655 g/mol. The fraction of sp³-hybridized carbons (Fsp3) is 0.400. The van der Waals surface area contributed by atoms with E-state index in [4.69, 9.17) is 14.2 Å². The van der Waals surface area contributed by atoms with Gasteiger partial charge in [0.1, 0.15) is 19.2 Å². The molecule has 6 rings (SSSR count). The Morgan fingerprint density at radius 3 is 2.02 bits per heavy atom. The van der Waals surface area contributed by atoms with Crippen molar-refractivity contribution in [3.8, 4) is 6.07 Å². The highest BCUT2D eigenvalue weighted by molar-refractivity contribution is 6.26. The Bertz CT molecular complexity index is 1850. The molecule has 1 amide bonds. The second-order valence-corrected chi connectivity index (χ2v) is 12.3. The number of carbonyl (C=O) groups excluding carboxylic acids is 6. The molecular weight excluding hydrogens is 620 g/mol. The summed E-state index contributed by atoms with van der Waals surface area (Å²) in [5.41, 5.74) is 1.41. The van der Waals surface area contributed by atoms with Crippen molar-refractivity contribution in [1.29, 1.82) is 5.26 Å². The molecule has 0 spiro atoms. The molecule has 48 heavy (non-hydrogen) atoms. The molecule has 1 aromatic carbocycles. The maximum atomic E-state index is 14.0. The van der Waals surface area contributed by atoms with Crippen LogP contribution >= 0.6 is 0 Å². The van der Waals surface area contributed by atoms with Gasteiger partial charge in [-0.15, -0.1) is 0 Å². The number of fused-ring (bicyclic) bond motifs is 5. The summed E-state index contributed by atoms with van der Waals surface area (Å²) in [4.78, 5) is 84.4. The molecule has 13 nitrogen and oxygen atoms in total. The number of Topliss-reactive ketones (excluding diaryl/α,β-unsaturated/α-hetero) is 4. The first-order chi connectivity index (χ1) is 23.0. The van der Waals surface area contributed by atoms with Gasteiger partial charge in [0.2, 0.25) is 11.6 Å². The van der Waals surface area contributed by atoms with Gasteiger partial charge in [-0.1, -0.05) is 18.2 Å². The number of nitrogens with zero attached hydrogens (tertiary/aromatic N) is 3. The van der Waals surface area contributed by atoms with Crippen molar-refractivity contribution in [2.24, 2.45) is 0 Å². The predicted octanol–water partition coefficient (Wildman–Crippen LogP) is 1.12. The zero-order chi connectivity index (χ0) is 34.6. The molecule has 2 bridgehead atoms. The minimum atomic E-state index is -1.08. The number of carbonyl (C=O) groups is 6. The number of ether oxygens (including phenoxy) is 3. The van der Waals surface area contributed by atoms with Gasteiger partial charge >= 0.3 is 5.97 Å². The third-order valence-corrected chi connectivity index (χ3v) is 10.0. The first kappa shape index (κ1) is 32.7. The van der Waals surface area contributed by atoms with Crippen molar-refractivity contribution in [1.82, 2.24) is 15.1 Å². The number of allylic oxidation sites excluding steroid dienone is 4. The highest BCUT2D eigenvalue weighted by Crippen LogP contribution is 2.49. The number of methoxy groups -OCH3 is 2. The number of esters is 1. The van der Waals surface area contributed by atoms with Crippen LogP contribution in [0.5, 0.6) is 0 Å². The van der Waals surface area contributed by atoms with E-state index in [1.165, 1.54) is 28.1 Å². The lowest BCUT2D eigenvalue weighted by atomic mass is 9.67. The van der Waals surface area contributed by atoms with Gasteiger partial charge in [0.15, 0.2) is 23.1 Å². The SMILES string of the molecule is COC1=C(C)C(=O)C2=C(C1=O)[C@@H]1[C@@H]3CC4=C(C(=O)C(OC)=C(C)C4=O)[C@H](COC(=O)CNC(=O)c4ccccc4)N3[C@@H](C#N)[C@H](C2)N1C. The van der Waals surface area contributed by atoms with Gasteiger partial charge < -0.3 is 19.5 Å². The standard InChI is InChI=1S/C35H34N4O9/c1-16-29(41)19-12-22-28-27-20(30(42)17(2)34(47-5)32(27)44)11-21(38(28)3)23(13-36)39(22)24(26(19)31(43)33(16)46-4)15-48-25(40)14-37-35(45)18-9-7-6-8-10-18/h6-10,21-24,28H,11-12,14-15H2,1-5H3,(H,37,45)/t21-,22-,23-,24-,28-/m0/s1. The van der Waals surface area contributed by atoms with E-state index >= 15 is 0 Å². The topological polar surface area (TPSA) is 172 Å². The van der Waals surface area contributed by atoms with E-state index < -0.39 is 72.6 Å². The molecule has 5 atom stereocenters. The Labute approximate surface area is 276 Å². The third kappa shape index (κ3) is 4.91. The monoisotopic (exact) mass is 654 g/mol. The largest absolute Gasteiger partial charge is 0.492 e. The smallest absolute Gasteiger partial charge is 0.325 e. The van der Waals surface area contributed by atoms with Crippen LogP contribution in [0.1, 0.15) is 37.0 Å². The first-order valence-corrected chi connectivity index (χ1v) is 15.5. The number of rotatable bonds is 7. The zero-order valence-electron chi connectivity index (χ0n) is 27.1. The average Bonchev–Trinajstić information content (AvgIpc) is 3.08. The van der Waals surface area contributed by atoms with Gasteiger partial charge in [-0.3, -0.25) is 38.6 Å². The molecule has 5 aliphatic rings. The van der Waals surface area contributed by atoms with E-state index in [2.05, 4.69) is 11.4 Å². The fourth-order valence-corrected chi connectivity index (χ4v) is 7.84. The van der Waals surface area contributed by atoms with Crippen LogP contribution < -0.4 is 5.32 Å². The van der Waals surface area contributed by atoms with Gasteiger partial charge in [-0.25, -0.2) is 0 Å². The number of nitriles is 1. The van der Waals surface area contributed by atoms with Gasteiger partial charge in [-0.05, 0) is 45.9 Å². The van der Waals surface area contributed by atoms with Crippen molar-refractivity contribution in [3.05, 3.63) is 80.9 Å². The molecule has 13 heteroatoms. The second kappa shape index (κ2) is 12.4. The van der Waals surface area contributed by atoms with Crippen LogP contribution in [-0.2, 0) is 38.2 Å². The van der Waals surface area contributed by atoms with Crippen LogP contribution in [0.2, 0.25) is 0 Å². The maximum absolute atomic E-state index is 14.0. The van der Waals surface area contributed by atoms with Crippen LogP contribution in [-0.4, -0.2) is 109 Å². The van der Waals surface area contributed by atoms with E-state index in [1.807, 2.05) is 4.90 Å². The molecule has 248 valence electrons. The molecule has 1 fully saturated rings. The lowest BCUT2D eigenvalue weighted by Gasteiger charge is -2.60. The number of likely N-dealkylation sites (N-methyl/N-ethyl adjacent to an activating group) is 1. The molecule has 1 N–H and O–H groups in total. The minimum absolute atomic E-state index is 0.0189. The highest BCUT2D eigenvalue weighted by atomic mass is 16.5. The van der Waals surface area contributed by atoms with Crippen LogP contribution in [0, 0.1) is 11.3 Å². The molecule has 0 aromatic heterocycles. The molecule has 2 aliphatic carbocycles. The summed E-state index contributed by atoms with van der Waals surface area (Å²) < 4.78 is 16.4. The number of benzene rings is 1. The van der Waals surface area contributed by atoms with E-state index in [0.29, 0.717) is 11.1 Å². The quantitative estimate of drug-likeness (QED) is 0.329. The van der Waals surface area contributed by atoms with E-state index in [-0.39, 0.29) is 58.0 Å². The van der Waals surface area contributed by atoms with Gasteiger partial charge in [0.05, 0.1) is 32.4 Å². The Morgan fingerprint density at radius 2 is 1.44 bits per heavy atom. The van der Waals surface area contributed by atoms with Crippen molar-refractivity contribution in [3.63, 3.8) is 0 Å². The van der Waals surface area contributed by atoms with E-state index in [1.54, 1.807) is 42.3 Å². The molecule has 0 unspecified atom stereocenters. The first-order valence-electron chi connectivity index (χ1n) is 15.5. The Morgan fingerprint density at radius 1 is 0.875 bits per heavy atom. The zero-order valence-corrected chi connectivity index (χ0v) is 27.1.